The molecule has 2 rings (SSSR count). The lowest BCUT2D eigenvalue weighted by molar-refractivity contribution is 0.0804. The second-order valence-corrected chi connectivity index (χ2v) is 13.8. The first-order valence-electron chi connectivity index (χ1n) is 9.64. The summed E-state index contributed by atoms with van der Waals surface area (Å²) in [5.74, 6) is 0.453. The first kappa shape index (κ1) is 19.9. The Morgan fingerprint density at radius 2 is 1.32 bits per heavy atom. The van der Waals surface area contributed by atoms with Crippen molar-refractivity contribution in [2.45, 2.75) is 63.9 Å². The zero-order chi connectivity index (χ0) is 18.4. The van der Waals surface area contributed by atoms with Gasteiger partial charge in [0, 0.05) is 5.92 Å². The van der Waals surface area contributed by atoms with Crippen LogP contribution in [0.1, 0.15) is 49.3 Å². The number of hydrogen-bond acceptors (Lipinski definition) is 1. The van der Waals surface area contributed by atoms with Gasteiger partial charge in [0.05, 0.1) is 14.2 Å². The molecule has 4 unspecified atom stereocenters. The van der Waals surface area contributed by atoms with Gasteiger partial charge in [0.2, 0.25) is 0 Å². The summed E-state index contributed by atoms with van der Waals surface area (Å²) in [5, 5.41) is 11.4. The van der Waals surface area contributed by atoms with Gasteiger partial charge >= 0.3 is 0 Å². The van der Waals surface area contributed by atoms with Crippen molar-refractivity contribution in [3.05, 3.63) is 71.8 Å². The summed E-state index contributed by atoms with van der Waals surface area (Å²) in [6.07, 6.45) is 1.86. The molecule has 136 valence electrons. The van der Waals surface area contributed by atoms with E-state index in [-0.39, 0.29) is 12.0 Å². The Morgan fingerprint density at radius 3 is 1.76 bits per heavy atom. The topological polar surface area (TPSA) is 20.2 Å². The van der Waals surface area contributed by atoms with Crippen LogP contribution < -0.4 is 0 Å². The zero-order valence-corrected chi connectivity index (χ0v) is 17.4. The molecule has 1 N–H and O–H groups in total. The molecule has 0 fully saturated rings. The average Bonchev–Trinajstić information content (AvgIpc) is 2.59. The molecule has 0 aliphatic heterocycles. The zero-order valence-electron chi connectivity index (χ0n) is 16.4. The van der Waals surface area contributed by atoms with Crippen LogP contribution in [0.4, 0.5) is 0 Å². The minimum absolute atomic E-state index is 0.150. The highest BCUT2D eigenvalue weighted by Gasteiger charge is 2.40. The molecule has 0 spiro atoms. The first-order chi connectivity index (χ1) is 11.9. The van der Waals surface area contributed by atoms with Gasteiger partial charge in [-0.05, 0) is 29.0 Å². The third kappa shape index (κ3) is 5.05. The number of benzene rings is 2. The summed E-state index contributed by atoms with van der Waals surface area (Å²) < 4.78 is 0. The maximum absolute atomic E-state index is 11.4. The number of aliphatic hydroxyl groups excluding tert-OH is 1. The standard InChI is InChI=1S/C23H34OSi/c1-6-13-18(2)22(24)21(19-14-9-7-10-15-19)23(25(3,4)5)20-16-11-8-12-17-20/h7-12,14-18,21-24H,6,13H2,1-5H3. The van der Waals surface area contributed by atoms with Gasteiger partial charge in [0.25, 0.3) is 0 Å². The second-order valence-electron chi connectivity index (χ2n) is 8.45. The Morgan fingerprint density at radius 1 is 0.840 bits per heavy atom. The smallest absolute Gasteiger partial charge is 0.0637 e. The van der Waals surface area contributed by atoms with Gasteiger partial charge in [0.15, 0.2) is 0 Å². The molecule has 25 heavy (non-hydrogen) atoms. The van der Waals surface area contributed by atoms with E-state index >= 15 is 0 Å². The van der Waals surface area contributed by atoms with Crippen LogP contribution in [-0.2, 0) is 0 Å². The summed E-state index contributed by atoms with van der Waals surface area (Å²) in [6, 6.07) is 21.5. The molecule has 2 aromatic rings. The van der Waals surface area contributed by atoms with Crippen molar-refractivity contribution >= 4 is 8.07 Å². The Labute approximate surface area is 155 Å². The fourth-order valence-corrected chi connectivity index (χ4v) is 6.81. The van der Waals surface area contributed by atoms with Crippen molar-refractivity contribution in [1.29, 1.82) is 0 Å². The first-order valence-corrected chi connectivity index (χ1v) is 13.2. The van der Waals surface area contributed by atoms with E-state index in [0.717, 1.165) is 12.8 Å². The van der Waals surface area contributed by atoms with E-state index in [9.17, 15) is 5.11 Å². The highest BCUT2D eigenvalue weighted by molar-refractivity contribution is 6.77. The summed E-state index contributed by atoms with van der Waals surface area (Å²) in [5.41, 5.74) is 3.04. The Bertz CT molecular complexity index is 618. The minimum atomic E-state index is -1.56. The Balaban J connectivity index is 2.54. The molecule has 0 aliphatic rings. The van der Waals surface area contributed by atoms with Gasteiger partial charge in [0.1, 0.15) is 0 Å². The maximum atomic E-state index is 11.4. The summed E-state index contributed by atoms with van der Waals surface area (Å²) >= 11 is 0. The molecule has 0 heterocycles. The van der Waals surface area contributed by atoms with E-state index in [0.29, 0.717) is 11.5 Å². The fourth-order valence-electron chi connectivity index (χ4n) is 4.15. The largest absolute Gasteiger partial charge is 0.392 e. The molecule has 2 aromatic carbocycles. The van der Waals surface area contributed by atoms with Crippen LogP contribution in [0.5, 0.6) is 0 Å². The molecular weight excluding hydrogens is 320 g/mol. The molecule has 0 amide bonds. The van der Waals surface area contributed by atoms with Crippen molar-refractivity contribution < 1.29 is 5.11 Å². The number of aliphatic hydroxyl groups is 1. The lowest BCUT2D eigenvalue weighted by atomic mass is 9.80. The van der Waals surface area contributed by atoms with E-state index in [1.54, 1.807) is 0 Å². The van der Waals surface area contributed by atoms with Crippen LogP contribution in [0.3, 0.4) is 0 Å². The van der Waals surface area contributed by atoms with Crippen molar-refractivity contribution in [2.24, 2.45) is 5.92 Å². The van der Waals surface area contributed by atoms with Gasteiger partial charge in [-0.25, -0.2) is 0 Å². The van der Waals surface area contributed by atoms with Crippen molar-refractivity contribution in [1.82, 2.24) is 0 Å². The molecular formula is C23H34OSi. The quantitative estimate of drug-likeness (QED) is 0.557. The maximum Gasteiger partial charge on any atom is 0.0637 e. The molecule has 0 bridgehead atoms. The summed E-state index contributed by atoms with van der Waals surface area (Å²) in [4.78, 5) is 0. The average molecular weight is 355 g/mol. The predicted molar refractivity (Wildman–Crippen MR) is 112 cm³/mol. The molecule has 0 saturated heterocycles. The van der Waals surface area contributed by atoms with Crippen LogP contribution >= 0.6 is 0 Å². The summed E-state index contributed by atoms with van der Waals surface area (Å²) in [7, 11) is -1.56. The van der Waals surface area contributed by atoms with E-state index < -0.39 is 8.07 Å². The molecule has 0 saturated carbocycles. The second kappa shape index (κ2) is 8.82. The molecule has 4 atom stereocenters. The van der Waals surface area contributed by atoms with Crippen molar-refractivity contribution in [2.75, 3.05) is 0 Å². The van der Waals surface area contributed by atoms with Gasteiger partial charge in [-0.2, -0.15) is 0 Å². The molecule has 0 aromatic heterocycles. The molecule has 0 radical (unpaired) electrons. The monoisotopic (exact) mass is 354 g/mol. The number of hydrogen-bond donors (Lipinski definition) is 1. The molecule has 1 nitrogen and oxygen atoms in total. The van der Waals surface area contributed by atoms with Gasteiger partial charge in [-0.3, -0.25) is 0 Å². The van der Waals surface area contributed by atoms with E-state index in [1.165, 1.54) is 11.1 Å². The summed E-state index contributed by atoms with van der Waals surface area (Å²) in [6.45, 7) is 11.7. The molecule has 2 heteroatoms. The fraction of sp³-hybridized carbons (Fsp3) is 0.478. The van der Waals surface area contributed by atoms with E-state index in [4.69, 9.17) is 0 Å². The van der Waals surface area contributed by atoms with Crippen LogP contribution in [0.2, 0.25) is 19.6 Å². The Hall–Kier alpha value is -1.38. The van der Waals surface area contributed by atoms with Crippen molar-refractivity contribution in [3.8, 4) is 0 Å². The van der Waals surface area contributed by atoms with Gasteiger partial charge in [-0.1, -0.05) is 101 Å². The molecule has 0 aliphatic carbocycles. The lowest BCUT2D eigenvalue weighted by Crippen LogP contribution is -2.41. The van der Waals surface area contributed by atoms with Gasteiger partial charge < -0.3 is 5.11 Å². The van der Waals surface area contributed by atoms with Crippen LogP contribution in [-0.4, -0.2) is 19.3 Å². The third-order valence-electron chi connectivity index (χ3n) is 5.33. The highest BCUT2D eigenvalue weighted by Crippen LogP contribution is 2.44. The highest BCUT2D eigenvalue weighted by atomic mass is 28.3. The van der Waals surface area contributed by atoms with E-state index in [1.807, 2.05) is 0 Å². The normalized spacial score (nSPS) is 16.9. The van der Waals surface area contributed by atoms with Gasteiger partial charge in [-0.15, -0.1) is 0 Å². The number of rotatable bonds is 8. The van der Waals surface area contributed by atoms with Crippen LogP contribution in [0, 0.1) is 5.92 Å². The Kier molecular flexibility index (Phi) is 7.03. The SMILES string of the molecule is CCCC(C)C(O)C(c1ccccc1)C(c1ccccc1)[Si](C)(C)C. The minimum Gasteiger partial charge on any atom is -0.392 e. The lowest BCUT2D eigenvalue weighted by Gasteiger charge is -2.41. The van der Waals surface area contributed by atoms with Crippen LogP contribution in [0.25, 0.3) is 0 Å². The van der Waals surface area contributed by atoms with E-state index in [2.05, 4.69) is 94.2 Å². The van der Waals surface area contributed by atoms with Crippen molar-refractivity contribution in [3.63, 3.8) is 0 Å². The predicted octanol–water partition coefficient (Wildman–Crippen LogP) is 6.23. The van der Waals surface area contributed by atoms with Crippen LogP contribution in [0.15, 0.2) is 60.7 Å². The third-order valence-corrected chi connectivity index (χ3v) is 7.89.